The Labute approximate surface area is 150 Å². The van der Waals surface area contributed by atoms with E-state index in [0.29, 0.717) is 11.3 Å². The predicted molar refractivity (Wildman–Crippen MR) is 96.3 cm³/mol. The highest BCUT2D eigenvalue weighted by atomic mass is 16.6. The first-order valence-electron chi connectivity index (χ1n) is 8.55. The second-order valence-corrected chi connectivity index (χ2v) is 6.41. The van der Waals surface area contributed by atoms with Crippen LogP contribution in [-0.2, 0) is 16.0 Å². The fraction of sp³-hybridized carbons (Fsp3) is 0.238. The number of esters is 1. The minimum absolute atomic E-state index is 0.194. The molecule has 0 N–H and O–H groups in total. The highest BCUT2D eigenvalue weighted by Gasteiger charge is 2.25. The van der Waals surface area contributed by atoms with Crippen molar-refractivity contribution in [3.05, 3.63) is 75.6 Å². The molecular formula is C21H18O5. The molecule has 132 valence electrons. The van der Waals surface area contributed by atoms with E-state index in [1.807, 2.05) is 31.2 Å². The molecule has 0 saturated heterocycles. The molecule has 1 aromatic heterocycles. The van der Waals surface area contributed by atoms with Gasteiger partial charge in [0.25, 0.3) is 0 Å². The summed E-state index contributed by atoms with van der Waals surface area (Å²) in [4.78, 5) is 23.6. The normalized spacial score (nSPS) is 15.7. The average Bonchev–Trinajstić information content (AvgIpc) is 3.02. The zero-order valence-corrected chi connectivity index (χ0v) is 14.4. The van der Waals surface area contributed by atoms with Crippen molar-refractivity contribution in [1.29, 1.82) is 0 Å². The summed E-state index contributed by atoms with van der Waals surface area (Å²) in [5.41, 5.74) is 3.16. The van der Waals surface area contributed by atoms with Crippen LogP contribution in [0.3, 0.4) is 0 Å². The molecule has 1 aliphatic rings. The topological polar surface area (TPSA) is 65.7 Å². The number of carbonyl (C=O) groups is 1. The van der Waals surface area contributed by atoms with Crippen molar-refractivity contribution >= 4 is 16.9 Å². The Hall–Kier alpha value is -3.08. The minimum Gasteiger partial charge on any atom is -0.482 e. The van der Waals surface area contributed by atoms with E-state index in [-0.39, 0.29) is 12.7 Å². The molecule has 1 atom stereocenters. The highest BCUT2D eigenvalue weighted by molar-refractivity contribution is 5.81. The van der Waals surface area contributed by atoms with Crippen molar-refractivity contribution in [2.75, 3.05) is 6.61 Å². The van der Waals surface area contributed by atoms with Crippen molar-refractivity contribution < 1.29 is 18.7 Å². The smallest absolute Gasteiger partial charge is 0.344 e. The Morgan fingerprint density at radius 3 is 2.92 bits per heavy atom. The Morgan fingerprint density at radius 1 is 1.19 bits per heavy atom. The summed E-state index contributed by atoms with van der Waals surface area (Å²) in [5, 5.41) is 0.835. The van der Waals surface area contributed by atoms with E-state index in [2.05, 4.69) is 6.07 Å². The summed E-state index contributed by atoms with van der Waals surface area (Å²) in [6, 6.07) is 14.6. The number of hydrogen-bond acceptors (Lipinski definition) is 5. The second kappa shape index (κ2) is 6.67. The largest absolute Gasteiger partial charge is 0.482 e. The molecular weight excluding hydrogens is 332 g/mol. The lowest BCUT2D eigenvalue weighted by molar-refractivity contribution is -0.151. The maximum Gasteiger partial charge on any atom is 0.344 e. The van der Waals surface area contributed by atoms with Gasteiger partial charge in [0, 0.05) is 17.5 Å². The maximum atomic E-state index is 12.1. The summed E-state index contributed by atoms with van der Waals surface area (Å²) in [7, 11) is 0. The van der Waals surface area contributed by atoms with Crippen LogP contribution in [0.25, 0.3) is 11.0 Å². The van der Waals surface area contributed by atoms with E-state index in [1.54, 1.807) is 12.1 Å². The molecule has 2 aromatic carbocycles. The van der Waals surface area contributed by atoms with E-state index in [9.17, 15) is 9.59 Å². The van der Waals surface area contributed by atoms with E-state index in [1.165, 1.54) is 11.6 Å². The Kier molecular flexibility index (Phi) is 4.21. The van der Waals surface area contributed by atoms with Crippen molar-refractivity contribution in [2.24, 2.45) is 0 Å². The Bertz CT molecular complexity index is 1030. The molecule has 3 aromatic rings. The number of fused-ring (bicyclic) bond motifs is 2. The van der Waals surface area contributed by atoms with Crippen molar-refractivity contribution in [2.45, 2.75) is 25.9 Å². The maximum absolute atomic E-state index is 12.1. The van der Waals surface area contributed by atoms with Crippen LogP contribution in [0.15, 0.2) is 57.7 Å². The van der Waals surface area contributed by atoms with E-state index in [4.69, 9.17) is 13.9 Å². The molecule has 5 heteroatoms. The molecule has 0 bridgehead atoms. The molecule has 4 rings (SSSR count). The Morgan fingerprint density at radius 2 is 2.04 bits per heavy atom. The third-order valence-electron chi connectivity index (χ3n) is 4.63. The average molecular weight is 350 g/mol. The van der Waals surface area contributed by atoms with Crippen LogP contribution in [0.4, 0.5) is 0 Å². The van der Waals surface area contributed by atoms with Gasteiger partial charge in [0.1, 0.15) is 17.4 Å². The van der Waals surface area contributed by atoms with Gasteiger partial charge in [-0.1, -0.05) is 24.3 Å². The first kappa shape index (κ1) is 16.4. The third kappa shape index (κ3) is 3.20. The van der Waals surface area contributed by atoms with Gasteiger partial charge in [-0.15, -0.1) is 0 Å². The van der Waals surface area contributed by atoms with Gasteiger partial charge in [-0.05, 0) is 48.6 Å². The summed E-state index contributed by atoms with van der Waals surface area (Å²) in [6.07, 6.45) is 1.50. The molecule has 1 heterocycles. The fourth-order valence-corrected chi connectivity index (χ4v) is 3.37. The molecule has 0 fully saturated rings. The molecule has 0 unspecified atom stereocenters. The predicted octanol–water partition coefficient (Wildman–Crippen LogP) is 3.71. The quantitative estimate of drug-likeness (QED) is 0.530. The van der Waals surface area contributed by atoms with Gasteiger partial charge in [-0.3, -0.25) is 0 Å². The molecule has 0 radical (unpaired) electrons. The number of hydrogen-bond donors (Lipinski definition) is 0. The third-order valence-corrected chi connectivity index (χ3v) is 4.63. The number of aryl methyl sites for hydroxylation is 2. The van der Waals surface area contributed by atoms with Crippen LogP contribution in [0.2, 0.25) is 0 Å². The summed E-state index contributed by atoms with van der Waals surface area (Å²) >= 11 is 0. The van der Waals surface area contributed by atoms with Crippen molar-refractivity contribution in [3.8, 4) is 5.75 Å². The molecule has 0 spiro atoms. The van der Waals surface area contributed by atoms with Crippen LogP contribution in [0, 0.1) is 6.92 Å². The number of ether oxygens (including phenoxy) is 2. The van der Waals surface area contributed by atoms with Gasteiger partial charge in [0.15, 0.2) is 6.61 Å². The van der Waals surface area contributed by atoms with Gasteiger partial charge in [-0.25, -0.2) is 9.59 Å². The molecule has 1 aliphatic carbocycles. The van der Waals surface area contributed by atoms with Gasteiger partial charge >= 0.3 is 11.6 Å². The molecule has 26 heavy (non-hydrogen) atoms. The summed E-state index contributed by atoms with van der Waals surface area (Å²) in [5.74, 6) is 0.0347. The minimum atomic E-state index is -0.419. The van der Waals surface area contributed by atoms with Crippen LogP contribution in [-0.4, -0.2) is 12.6 Å². The molecule has 0 saturated carbocycles. The van der Waals surface area contributed by atoms with E-state index in [0.717, 1.165) is 29.4 Å². The first-order valence-corrected chi connectivity index (χ1v) is 8.55. The Balaban J connectivity index is 1.42. The lowest BCUT2D eigenvalue weighted by Crippen LogP contribution is -2.17. The molecule has 5 nitrogen and oxygen atoms in total. The van der Waals surface area contributed by atoms with Crippen LogP contribution < -0.4 is 10.4 Å². The second-order valence-electron chi connectivity index (χ2n) is 6.41. The van der Waals surface area contributed by atoms with E-state index < -0.39 is 11.6 Å². The van der Waals surface area contributed by atoms with Gasteiger partial charge in [-0.2, -0.15) is 0 Å². The lowest BCUT2D eigenvalue weighted by Gasteiger charge is -2.14. The van der Waals surface area contributed by atoms with Gasteiger partial charge in [0.2, 0.25) is 0 Å². The van der Waals surface area contributed by atoms with Gasteiger partial charge < -0.3 is 13.9 Å². The number of benzene rings is 2. The van der Waals surface area contributed by atoms with Crippen molar-refractivity contribution in [3.63, 3.8) is 0 Å². The number of rotatable bonds is 4. The standard InChI is InChI=1S/C21H18O5/c1-13-10-20(22)26-19-11-15(7-8-16(13)19)24-12-21(23)25-18-9-6-14-4-2-3-5-17(14)18/h2-5,7-8,10-11,18H,6,9,12H2,1H3/t18-/m1/s1. The zero-order chi connectivity index (χ0) is 18.1. The lowest BCUT2D eigenvalue weighted by atomic mass is 10.1. The van der Waals surface area contributed by atoms with Crippen LogP contribution >= 0.6 is 0 Å². The van der Waals surface area contributed by atoms with Crippen LogP contribution in [0.5, 0.6) is 5.75 Å². The SMILES string of the molecule is Cc1cc(=O)oc2cc(OCC(=O)O[C@@H]3CCc4ccccc43)ccc12. The fourth-order valence-electron chi connectivity index (χ4n) is 3.37. The summed E-state index contributed by atoms with van der Waals surface area (Å²) in [6.45, 7) is 1.65. The zero-order valence-electron chi connectivity index (χ0n) is 14.4. The highest BCUT2D eigenvalue weighted by Crippen LogP contribution is 2.33. The van der Waals surface area contributed by atoms with Crippen LogP contribution in [0.1, 0.15) is 29.2 Å². The monoisotopic (exact) mass is 350 g/mol. The summed E-state index contributed by atoms with van der Waals surface area (Å²) < 4.78 is 16.3. The van der Waals surface area contributed by atoms with E-state index >= 15 is 0 Å². The van der Waals surface area contributed by atoms with Crippen molar-refractivity contribution in [1.82, 2.24) is 0 Å². The number of carbonyl (C=O) groups excluding carboxylic acids is 1. The first-order chi connectivity index (χ1) is 12.6. The molecule has 0 amide bonds. The van der Waals surface area contributed by atoms with Gasteiger partial charge in [0.05, 0.1) is 0 Å². The molecule has 0 aliphatic heterocycles.